The molecule has 10 N–H and O–H groups in total. The van der Waals surface area contributed by atoms with Crippen LogP contribution in [0.3, 0.4) is 0 Å². The minimum absolute atomic E-state index is 0.0801. The lowest BCUT2D eigenvalue weighted by Gasteiger charge is -2.52. The first-order valence-electron chi connectivity index (χ1n) is 17.2. The van der Waals surface area contributed by atoms with E-state index in [1.54, 1.807) is 0 Å². The van der Waals surface area contributed by atoms with Crippen molar-refractivity contribution in [2.45, 2.75) is 46.1 Å². The molecule has 3 aromatic carbocycles. The van der Waals surface area contributed by atoms with Crippen LogP contribution in [-0.2, 0) is 41.0 Å². The Morgan fingerprint density at radius 1 is 1.05 bits per heavy atom. The van der Waals surface area contributed by atoms with Crippen molar-refractivity contribution in [3.63, 3.8) is 0 Å². The number of ketones is 2. The number of carbonyl (C=O) groups is 3. The molecule has 1 amide bonds. The molecule has 5 atom stereocenters. The van der Waals surface area contributed by atoms with Crippen LogP contribution in [0.1, 0.15) is 34.8 Å². The van der Waals surface area contributed by atoms with Gasteiger partial charge in [0.1, 0.15) is 38.5 Å². The zero-order chi connectivity index (χ0) is 42.9. The first kappa shape index (κ1) is 42.8. The first-order chi connectivity index (χ1) is 26.9. The van der Waals surface area contributed by atoms with Crippen molar-refractivity contribution in [1.82, 2.24) is 9.62 Å². The maximum Gasteiger partial charge on any atom is 0.265 e. The zero-order valence-corrected chi connectivity index (χ0v) is 34.1. The Morgan fingerprint density at radius 2 is 1.71 bits per heavy atom. The molecule has 0 bridgehead atoms. The van der Waals surface area contributed by atoms with Gasteiger partial charge in [-0.3, -0.25) is 24.0 Å². The molecule has 4 aliphatic rings. The molecule has 0 spiro atoms. The number of likely N-dealkylation sites (N-methyl/N-ethyl adjacent to an activating group) is 1. The Morgan fingerprint density at radius 3 is 2.31 bits per heavy atom. The second-order valence-corrected chi connectivity index (χ2v) is 19.0. The number of aromatic hydroxyl groups is 1. The van der Waals surface area contributed by atoms with E-state index in [0.29, 0.717) is 11.5 Å². The molecule has 0 fully saturated rings. The second kappa shape index (κ2) is 15.1. The highest BCUT2D eigenvalue weighted by Crippen LogP contribution is 2.56. The molecule has 308 valence electrons. The van der Waals surface area contributed by atoms with Gasteiger partial charge in [-0.1, -0.05) is 54.1 Å². The molecule has 1 heterocycles. The van der Waals surface area contributed by atoms with Crippen molar-refractivity contribution in [1.29, 1.82) is 0 Å². The number of halogens is 1. The van der Waals surface area contributed by atoms with E-state index in [1.807, 2.05) is 30.3 Å². The minimum atomic E-state index is -4.15. The third-order valence-corrected chi connectivity index (χ3v) is 14.3. The smallest absolute Gasteiger partial charge is 0.265 e. The van der Waals surface area contributed by atoms with Gasteiger partial charge in [0.25, 0.3) is 15.9 Å². The predicted molar refractivity (Wildman–Crippen MR) is 212 cm³/mol. The number of benzene rings is 3. The van der Waals surface area contributed by atoms with Crippen LogP contribution in [0.15, 0.2) is 98.1 Å². The molecular weight excluding hydrogens is 838 g/mol. The molecule has 0 saturated carbocycles. The lowest BCUT2D eigenvalue weighted by molar-refractivity contribution is -0.151. The van der Waals surface area contributed by atoms with Gasteiger partial charge < -0.3 is 31.3 Å². The summed E-state index contributed by atoms with van der Waals surface area (Å²) in [7, 11) is -5.05. The highest BCUT2D eigenvalue weighted by atomic mass is 35.5. The number of phenolic OH excluding ortho intramolecular Hbond substituents is 1. The second-order valence-electron chi connectivity index (χ2n) is 14.4. The van der Waals surface area contributed by atoms with Crippen molar-refractivity contribution in [3.8, 4) is 5.75 Å². The first-order valence-corrected chi connectivity index (χ1v) is 21.8. The van der Waals surface area contributed by atoms with Crippen LogP contribution in [0.25, 0.3) is 0 Å². The summed E-state index contributed by atoms with van der Waals surface area (Å²) in [6.45, 7) is 1.40. The van der Waals surface area contributed by atoms with E-state index < -0.39 is 99.9 Å². The number of phenols is 1. The number of hydrogen-bond donors (Lipinski definition) is 8. The van der Waals surface area contributed by atoms with E-state index >= 15 is 0 Å². The number of nitrogens with one attached hydrogen (secondary N) is 1. The molecule has 21 heteroatoms. The zero-order valence-electron chi connectivity index (χ0n) is 30.9. The number of carbonyl (C=O) groups excluding carboxylic acids is 3. The van der Waals surface area contributed by atoms with Gasteiger partial charge in [-0.05, 0) is 56.8 Å². The SMILES string of the molecule is CN(C)[C@@H]1C(O)=C(C(N)=O)C(=O)[C@@]2(O)C(O)=C3C(=O)c4c(O)cccc4[C@@](C)(O)[C@H]3C[C@@H]12.NS(=O)(=O)c1cc2c(cc1Cl)N=C(CSCc1ccccc1)NS2(=O)=O. The Balaban J connectivity index is 0.000000200. The summed E-state index contributed by atoms with van der Waals surface area (Å²) in [5.74, 6) is -6.61. The van der Waals surface area contributed by atoms with Crippen LogP contribution in [0.4, 0.5) is 5.69 Å². The quantitative estimate of drug-likeness (QED) is 0.158. The lowest BCUT2D eigenvalue weighted by Crippen LogP contribution is -2.65. The van der Waals surface area contributed by atoms with E-state index in [9.17, 15) is 56.8 Å². The fourth-order valence-corrected chi connectivity index (χ4v) is 11.1. The molecule has 58 heavy (non-hydrogen) atoms. The van der Waals surface area contributed by atoms with Gasteiger partial charge in [-0.2, -0.15) is 0 Å². The van der Waals surface area contributed by atoms with E-state index in [2.05, 4.69) is 9.71 Å². The number of amidine groups is 1. The summed E-state index contributed by atoms with van der Waals surface area (Å²) >= 11 is 7.42. The van der Waals surface area contributed by atoms with Crippen LogP contribution >= 0.6 is 23.4 Å². The number of thioether (sulfide) groups is 1. The van der Waals surface area contributed by atoms with Gasteiger partial charge in [-0.25, -0.2) is 27.0 Å². The molecule has 3 aromatic rings. The maximum atomic E-state index is 13.3. The monoisotopic (exact) mass is 875 g/mol. The largest absolute Gasteiger partial charge is 0.510 e. The minimum Gasteiger partial charge on any atom is -0.510 e. The number of amides is 1. The Hall–Kier alpha value is -4.80. The van der Waals surface area contributed by atoms with Crippen LogP contribution in [0.2, 0.25) is 5.02 Å². The van der Waals surface area contributed by atoms with Crippen LogP contribution in [0, 0.1) is 11.8 Å². The van der Waals surface area contributed by atoms with Gasteiger partial charge in [-0.15, -0.1) is 11.8 Å². The number of Topliss-reactive ketones (excluding diaryl/α,β-unsaturated/α-hetero) is 2. The average Bonchev–Trinajstić information content (AvgIpc) is 3.11. The Labute approximate surface area is 341 Å². The molecule has 0 aromatic heterocycles. The van der Waals surface area contributed by atoms with Crippen molar-refractivity contribution in [2.75, 3.05) is 19.8 Å². The number of nitrogens with zero attached hydrogens (tertiary/aromatic N) is 2. The van der Waals surface area contributed by atoms with E-state index in [4.69, 9.17) is 22.5 Å². The Kier molecular flexibility index (Phi) is 11.1. The number of primary amides is 1. The highest BCUT2D eigenvalue weighted by molar-refractivity contribution is 7.99. The molecule has 1 aliphatic heterocycles. The third kappa shape index (κ3) is 7.16. The summed E-state index contributed by atoms with van der Waals surface area (Å²) in [5, 5.41) is 59.9. The van der Waals surface area contributed by atoms with Gasteiger partial charge >= 0.3 is 0 Å². The lowest BCUT2D eigenvalue weighted by atomic mass is 9.55. The molecule has 3 aliphatic carbocycles. The number of primary sulfonamides is 1. The predicted octanol–water partition coefficient (Wildman–Crippen LogP) is 2.03. The van der Waals surface area contributed by atoms with Crippen LogP contribution in [0.5, 0.6) is 5.75 Å². The summed E-state index contributed by atoms with van der Waals surface area (Å²) in [6.07, 6.45) is -0.200. The fraction of sp³-hybridized carbons (Fsp3) is 0.297. The van der Waals surface area contributed by atoms with Crippen molar-refractivity contribution < 1.29 is 56.8 Å². The number of rotatable bonds is 7. The van der Waals surface area contributed by atoms with Gasteiger partial charge in [0.2, 0.25) is 15.8 Å². The summed E-state index contributed by atoms with van der Waals surface area (Å²) in [6, 6.07) is 14.9. The van der Waals surface area contributed by atoms with Crippen molar-refractivity contribution in [2.24, 2.45) is 27.7 Å². The van der Waals surface area contributed by atoms with E-state index in [0.717, 1.165) is 11.6 Å². The van der Waals surface area contributed by atoms with Gasteiger partial charge in [0, 0.05) is 23.2 Å². The Bertz CT molecular complexity index is 2600. The maximum absolute atomic E-state index is 13.3. The van der Waals surface area contributed by atoms with Crippen molar-refractivity contribution >= 4 is 72.4 Å². The molecule has 7 rings (SSSR count). The number of sulfonamides is 2. The average molecular weight is 876 g/mol. The number of nitrogens with two attached hydrogens (primary N) is 2. The summed E-state index contributed by atoms with van der Waals surface area (Å²) in [4.78, 5) is 43.4. The third-order valence-electron chi connectivity index (χ3n) is 10.5. The van der Waals surface area contributed by atoms with E-state index in [-0.39, 0.29) is 39.0 Å². The summed E-state index contributed by atoms with van der Waals surface area (Å²) < 4.78 is 50.3. The van der Waals surface area contributed by atoms with Gasteiger partial charge in [0.05, 0.1) is 33.7 Å². The highest BCUT2D eigenvalue weighted by Gasteiger charge is 2.65. The normalized spacial score (nSPS) is 26.0. The standard InChI is InChI=1S/C22H24N2O8.C15H14ClN3O4S3/c1-21(31)8-5-4-6-11(25)12(8)16(26)13-9(21)7-10-15(24(2)3)17(27)14(20(23)30)19(29)22(10,32)18(13)28;16-11-6-12-14(7-13(11)25(17,20)21)26(22,23)19-15(18-12)9-24-8-10-4-2-1-3-5-10/h4-6,9-10,15,25,27-28,31-32H,7H2,1-3H3,(H2,23,30);1-7H,8-9H2,(H,18,19)(H2,17,20,21)/t9-,10-,15-,21+,22-;/m0./s1. The van der Waals surface area contributed by atoms with E-state index in [1.165, 1.54) is 61.9 Å². The number of aliphatic hydroxyl groups is 4. The number of hydrogen-bond acceptors (Lipinski definition) is 15. The van der Waals surface area contributed by atoms with Crippen LogP contribution in [-0.4, -0.2) is 102 Å². The molecular formula is C37H38ClN5O12S3. The molecule has 0 radical (unpaired) electrons. The van der Waals surface area contributed by atoms with Crippen LogP contribution < -0.4 is 15.6 Å². The molecule has 17 nitrogen and oxygen atoms in total. The number of fused-ring (bicyclic) bond motifs is 4. The summed E-state index contributed by atoms with van der Waals surface area (Å²) in [5.41, 5.74) is 0.536. The van der Waals surface area contributed by atoms with Crippen molar-refractivity contribution in [3.05, 3.63) is 105 Å². The number of aliphatic imine (C=N–C) groups is 1. The van der Waals surface area contributed by atoms with Gasteiger partial charge in [0.15, 0.2) is 11.4 Å². The topological polar surface area (TPSA) is 300 Å². The number of aliphatic hydroxyl groups excluding tert-OH is 2. The fourth-order valence-electron chi connectivity index (χ4n) is 7.83. The molecule has 0 saturated heterocycles. The molecule has 0 unspecified atom stereocenters.